The molecule has 146 heavy (non-hydrogen) atoms. The normalized spacial score (nSPS) is 12.1. The van der Waals surface area contributed by atoms with Crippen LogP contribution in [0.15, 0.2) is 244 Å². The van der Waals surface area contributed by atoms with Crippen molar-refractivity contribution < 1.29 is 67.5 Å². The number of nitrogens with one attached hydrogen (secondary N) is 1. The van der Waals surface area contributed by atoms with E-state index in [2.05, 4.69) is 303 Å². The number of hydrogen-bond donors (Lipinski definition) is 4. The smallest absolute Gasteiger partial charge is 0.313 e. The van der Waals surface area contributed by atoms with Crippen LogP contribution in [0.25, 0.3) is 0 Å². The lowest BCUT2D eigenvalue weighted by Crippen LogP contribution is -2.30. The van der Waals surface area contributed by atoms with Crippen LogP contribution in [0, 0.1) is 5.92 Å². The van der Waals surface area contributed by atoms with Crippen molar-refractivity contribution in [3.8, 4) is 0 Å². The number of piperidine rings is 1. The van der Waals surface area contributed by atoms with Gasteiger partial charge in [0.25, 0.3) is 0 Å². The van der Waals surface area contributed by atoms with E-state index in [0.29, 0.717) is 81.8 Å². The van der Waals surface area contributed by atoms with Gasteiger partial charge in [-0.3, -0.25) is 48.5 Å². The van der Waals surface area contributed by atoms with Gasteiger partial charge >= 0.3 is 35.8 Å². The minimum Gasteiger partial charge on any atom is -0.481 e. The highest BCUT2D eigenvalue weighted by molar-refractivity contribution is 5.81. The molecule has 0 unspecified atom stereocenters. The van der Waals surface area contributed by atoms with Gasteiger partial charge < -0.3 is 44.9 Å². The second-order valence-corrected chi connectivity index (χ2v) is 45.1. The van der Waals surface area contributed by atoms with Crippen LogP contribution in [0.2, 0.25) is 0 Å². The van der Waals surface area contributed by atoms with Gasteiger partial charge in [-0.1, -0.05) is 318 Å². The molecule has 23 nitrogen and oxygen atoms in total. The number of pyridine rings is 3. The number of carbonyl (C=O) groups excluding carboxylic acids is 5. The van der Waals surface area contributed by atoms with Gasteiger partial charge in [-0.15, -0.1) is 0 Å². The van der Waals surface area contributed by atoms with Crippen LogP contribution in [0.5, 0.6) is 0 Å². The number of Topliss-reactive ketones (excluding diaryl/α,β-unsaturated/α-hetero) is 1. The van der Waals surface area contributed by atoms with Gasteiger partial charge in [0.1, 0.15) is 31.2 Å². The van der Waals surface area contributed by atoms with Crippen LogP contribution < -0.4 is 11.1 Å². The zero-order valence-electron chi connectivity index (χ0n) is 91.9. The maximum atomic E-state index is 12.1. The number of aromatic nitrogens is 7. The number of benzene rings is 6. The number of nitrogens with zero attached hydrogens (tertiary/aromatic N) is 7. The molecule has 6 aromatic carbocycles. The third kappa shape index (κ3) is 52.8. The Morgan fingerprint density at radius 1 is 0.322 bits per heavy atom. The number of carboxylic acids is 2. The average Bonchev–Trinajstić information content (AvgIpc) is 0.796. The average molecular weight is 2000 g/mol. The summed E-state index contributed by atoms with van der Waals surface area (Å²) in [7, 11) is 1.56. The SMILES string of the molecule is CC(C)(C)c1ccc(CC(=O)CCCc2ccncc2)cc1.CC(C)(C)c1ccc(CC(=O)OCC2CCNCC2)cc1.CC(C)(C)c1ccc(CC(=O)OCCc2ccncc2)cc1.CC(C)(C)c1ccc(CC(=O)OCc2ccccn2)cc1.CC(C)(C)c1ccc(CCC(=O)O)cc1.CC(C)(C)c1ccc(CCCC(=O)O)cc1.CC(C)(C)c1cnc(N)nc1.COCCOC(=O)Cc1ncc(C(C)(C)C)cn1. The number of aliphatic carboxylic acids is 2. The lowest BCUT2D eigenvalue weighted by atomic mass is 9.86. The molecule has 0 amide bonds. The first-order chi connectivity index (χ1) is 68.5. The van der Waals surface area contributed by atoms with Crippen LogP contribution in [0.3, 0.4) is 0 Å². The van der Waals surface area contributed by atoms with Crippen molar-refractivity contribution in [2.45, 2.75) is 319 Å². The zero-order chi connectivity index (χ0) is 108. The molecule has 0 bridgehead atoms. The summed E-state index contributed by atoms with van der Waals surface area (Å²) >= 11 is 0. The maximum Gasteiger partial charge on any atom is 0.313 e. The number of ether oxygens (including phenoxy) is 5. The summed E-state index contributed by atoms with van der Waals surface area (Å²) in [5.74, 6) is -0.671. The van der Waals surface area contributed by atoms with Crippen molar-refractivity contribution in [3.05, 3.63) is 344 Å². The van der Waals surface area contributed by atoms with Crippen LogP contribution in [0.1, 0.15) is 312 Å². The van der Waals surface area contributed by atoms with Gasteiger partial charge in [-0.25, -0.2) is 19.9 Å². The van der Waals surface area contributed by atoms with Crippen molar-refractivity contribution >= 4 is 47.5 Å². The number of carbonyl (C=O) groups is 7. The van der Waals surface area contributed by atoms with Gasteiger partial charge in [0.15, 0.2) is 0 Å². The molecule has 11 aromatic rings. The Bertz CT molecular complexity index is 5500. The number of ketones is 1. The van der Waals surface area contributed by atoms with Crippen molar-refractivity contribution in [1.82, 2.24) is 40.2 Å². The summed E-state index contributed by atoms with van der Waals surface area (Å²) in [5.41, 5.74) is 25.7. The summed E-state index contributed by atoms with van der Waals surface area (Å²) in [6.07, 6.45) is 25.5. The van der Waals surface area contributed by atoms with Crippen LogP contribution in [-0.4, -0.2) is 133 Å². The van der Waals surface area contributed by atoms with Crippen molar-refractivity contribution in [2.24, 2.45) is 5.92 Å². The summed E-state index contributed by atoms with van der Waals surface area (Å²) in [6, 6.07) is 63.1. The van der Waals surface area contributed by atoms with E-state index >= 15 is 0 Å². The number of nitrogen functional groups attached to an aromatic ring is 1. The van der Waals surface area contributed by atoms with Crippen LogP contribution in [0.4, 0.5) is 5.95 Å². The molecule has 23 heteroatoms. The Balaban J connectivity index is 0.000000296. The van der Waals surface area contributed by atoms with E-state index in [9.17, 15) is 33.6 Å². The first-order valence-electron chi connectivity index (χ1n) is 50.9. The molecule has 0 atom stereocenters. The molecule has 6 heterocycles. The van der Waals surface area contributed by atoms with E-state index in [1.54, 1.807) is 62.9 Å². The summed E-state index contributed by atoms with van der Waals surface area (Å²) < 4.78 is 25.7. The number of carboxylic acid groups (broad SMARTS) is 2. The molecule has 0 spiro atoms. The van der Waals surface area contributed by atoms with E-state index in [-0.39, 0.29) is 106 Å². The number of methoxy groups -OCH3 is 1. The molecule has 0 radical (unpaired) electrons. The number of rotatable bonds is 31. The number of anilines is 1. The van der Waals surface area contributed by atoms with Gasteiger partial charge in [-0.05, 0) is 233 Å². The van der Waals surface area contributed by atoms with Gasteiger partial charge in [0.2, 0.25) is 5.95 Å². The summed E-state index contributed by atoms with van der Waals surface area (Å²) in [4.78, 5) is 108. The van der Waals surface area contributed by atoms with Crippen LogP contribution in [-0.2, 0) is 165 Å². The molecular formula is C123H167N9O14. The number of aryl methyl sites for hydroxylation is 3. The molecule has 5 N–H and O–H groups in total. The Kier molecular flexibility index (Phi) is 52.1. The standard InChI is InChI=1S/C20H25NO.C19H23NO2.C18H27NO2.C18H21NO2.C14H20O2.C13H20N2O3.C13H18O2.C8H13N3/c1-20(2,3)18-9-7-17(8-10-18)15-19(22)6-4-5-16-11-13-21-14-12-16;1-19(2,3)17-6-4-16(5-7-17)14-18(21)22-13-10-15-8-11-20-12-9-15;1-18(2,3)16-6-4-14(5-7-16)12-17(20)21-13-15-8-10-19-11-9-15;1-18(2,3)15-9-7-14(8-10-15)12-17(20)21-13-16-6-4-5-11-19-16;1-14(2,3)12-9-7-11(8-10-12)5-4-6-13(15)16;1-13(2,3)10-8-14-11(15-9-10)7-12(16)18-6-5-17-4;1-13(2,3)11-7-4-10(5-8-11)6-9-12(14)15;1-8(2,3)6-4-10-7(9)11-5-6/h7-14H,4-6,15H2,1-3H3;4-9,11-12H,10,13-14H2,1-3H3;4-7,15,19H,8-13H2,1-3H3;4-11H,12-13H2,1-3H3;7-10H,4-6H2,1-3H3,(H,15,16);8-9H,5-7H2,1-4H3;4-5,7-8H,6,9H2,1-3H3,(H,14,15);4-5H,1-3H3,(H2,9,10,11). The molecule has 1 aliphatic rings. The largest absolute Gasteiger partial charge is 0.481 e. The van der Waals surface area contributed by atoms with Gasteiger partial charge in [0, 0.05) is 95.0 Å². The molecule has 788 valence electrons. The monoisotopic (exact) mass is 1990 g/mol. The van der Waals surface area contributed by atoms with Gasteiger partial charge in [-0.2, -0.15) is 0 Å². The molecule has 1 aliphatic heterocycles. The second-order valence-electron chi connectivity index (χ2n) is 45.1. The lowest BCUT2D eigenvalue weighted by Gasteiger charge is -2.22. The van der Waals surface area contributed by atoms with Crippen molar-refractivity contribution in [2.75, 3.05) is 52.4 Å². The van der Waals surface area contributed by atoms with E-state index in [0.717, 1.165) is 102 Å². The lowest BCUT2D eigenvalue weighted by molar-refractivity contribution is -0.145. The minimum atomic E-state index is -0.741. The number of esters is 4. The Morgan fingerprint density at radius 3 is 1.01 bits per heavy atom. The Morgan fingerprint density at radius 2 is 0.644 bits per heavy atom. The summed E-state index contributed by atoms with van der Waals surface area (Å²) in [5, 5.41) is 20.4. The first kappa shape index (κ1) is 124. The predicted molar refractivity (Wildman–Crippen MR) is 586 cm³/mol. The third-order valence-electron chi connectivity index (χ3n) is 23.9. The second kappa shape index (κ2) is 61.6. The molecule has 12 rings (SSSR count). The molecule has 5 aromatic heterocycles. The highest BCUT2D eigenvalue weighted by Crippen LogP contribution is 2.30. The molecule has 0 aliphatic carbocycles. The first-order valence-corrected chi connectivity index (χ1v) is 50.9. The van der Waals surface area contributed by atoms with E-state index in [1.807, 2.05) is 91.0 Å². The maximum absolute atomic E-state index is 12.1. The fourth-order valence-corrected chi connectivity index (χ4v) is 14.2. The van der Waals surface area contributed by atoms with E-state index < -0.39 is 11.9 Å². The van der Waals surface area contributed by atoms with Gasteiger partial charge in [0.05, 0.1) is 44.8 Å². The van der Waals surface area contributed by atoms with E-state index in [4.69, 9.17) is 39.6 Å². The minimum absolute atomic E-state index is 0.0114. The highest BCUT2D eigenvalue weighted by atomic mass is 16.6. The zero-order valence-corrected chi connectivity index (χ0v) is 91.9. The van der Waals surface area contributed by atoms with Crippen molar-refractivity contribution in [3.63, 3.8) is 0 Å². The number of nitrogens with two attached hydrogens (primary N) is 1. The Labute approximate surface area is 871 Å². The third-order valence-corrected chi connectivity index (χ3v) is 23.9. The van der Waals surface area contributed by atoms with E-state index in [1.165, 1.54) is 44.5 Å². The molecule has 1 fully saturated rings. The number of hydrogen-bond acceptors (Lipinski definition) is 21. The Hall–Kier alpha value is -12.9. The fraction of sp³-hybridized carbons (Fsp3) is 0.463. The molecule has 0 saturated carbocycles. The fourth-order valence-electron chi connectivity index (χ4n) is 14.2. The summed E-state index contributed by atoms with van der Waals surface area (Å²) in [6.45, 7) is 55.8. The topological polar surface area (TPSA) is 334 Å². The predicted octanol–water partition coefficient (Wildman–Crippen LogP) is 24.2. The van der Waals surface area contributed by atoms with Crippen molar-refractivity contribution in [1.29, 1.82) is 0 Å². The quantitative estimate of drug-likeness (QED) is 0.0178. The highest BCUT2D eigenvalue weighted by Gasteiger charge is 2.23. The van der Waals surface area contributed by atoms with Crippen LogP contribution >= 0.6 is 0 Å². The molecule has 1 saturated heterocycles. The molecular weight excluding hydrogens is 1830 g/mol.